The fraction of sp³-hybridized carbons (Fsp3) is 0.364. The molecule has 1 N–H and O–H groups in total. The summed E-state index contributed by atoms with van der Waals surface area (Å²) in [6, 6.07) is 3.09. The summed E-state index contributed by atoms with van der Waals surface area (Å²) in [7, 11) is 0. The van der Waals surface area contributed by atoms with E-state index >= 15 is 0 Å². The zero-order chi connectivity index (χ0) is 14.6. The minimum Gasteiger partial charge on any atom is -0.320 e. The highest BCUT2D eigenvalue weighted by Crippen LogP contribution is 2.29. The average Bonchev–Trinajstić information content (AvgIpc) is 2.27. The van der Waals surface area contributed by atoms with E-state index in [2.05, 4.69) is 5.32 Å². The molecule has 0 aliphatic rings. The molecule has 0 heterocycles. The van der Waals surface area contributed by atoms with Gasteiger partial charge in [0.25, 0.3) is 11.4 Å². The Labute approximate surface area is 108 Å². The molecular weight excluding hydrogens is 254 g/mol. The van der Waals surface area contributed by atoms with Crippen LogP contribution in [0, 0.1) is 26.1 Å². The predicted molar refractivity (Wildman–Crippen MR) is 67.8 cm³/mol. The van der Waals surface area contributed by atoms with Crippen LogP contribution in [0.25, 0.3) is 0 Å². The normalized spacial score (nSPS) is 10.3. The van der Waals surface area contributed by atoms with Gasteiger partial charge < -0.3 is 5.32 Å². The molecule has 0 atom stereocenters. The van der Waals surface area contributed by atoms with Crippen LogP contribution in [0.4, 0.5) is 17.1 Å². The number of carbonyl (C=O) groups excluding carboxylic acids is 1. The molecule has 0 aromatic heterocycles. The maximum Gasteiger partial charge on any atom is 0.299 e. The Hall–Kier alpha value is -2.51. The number of amides is 1. The van der Waals surface area contributed by atoms with Crippen molar-refractivity contribution in [2.24, 2.45) is 5.92 Å². The molecule has 0 fully saturated rings. The number of rotatable bonds is 5. The Bertz CT molecular complexity index is 527. The molecule has 0 saturated carbocycles. The first kappa shape index (κ1) is 14.6. The quantitative estimate of drug-likeness (QED) is 0.649. The molecule has 0 radical (unpaired) electrons. The Morgan fingerprint density at radius 1 is 1.26 bits per heavy atom. The maximum absolute atomic E-state index is 11.5. The van der Waals surface area contributed by atoms with E-state index in [4.69, 9.17) is 0 Å². The number of nitrogens with zero attached hydrogens (tertiary/aromatic N) is 2. The van der Waals surface area contributed by atoms with Crippen molar-refractivity contribution in [1.29, 1.82) is 0 Å². The Morgan fingerprint density at radius 3 is 2.37 bits per heavy atom. The highest BCUT2D eigenvalue weighted by molar-refractivity contribution is 5.93. The first-order valence-electron chi connectivity index (χ1n) is 5.54. The van der Waals surface area contributed by atoms with E-state index in [-0.39, 0.29) is 23.9 Å². The number of carbonyl (C=O) groups is 1. The van der Waals surface area contributed by atoms with Crippen LogP contribution in [0.3, 0.4) is 0 Å². The van der Waals surface area contributed by atoms with Crippen molar-refractivity contribution in [3.63, 3.8) is 0 Å². The van der Waals surface area contributed by atoms with Crippen LogP contribution in [0.15, 0.2) is 18.2 Å². The first-order valence-corrected chi connectivity index (χ1v) is 5.54. The van der Waals surface area contributed by atoms with Crippen LogP contribution in [0.5, 0.6) is 0 Å². The van der Waals surface area contributed by atoms with E-state index in [1.807, 2.05) is 13.8 Å². The Balaban J connectivity index is 3.04. The lowest BCUT2D eigenvalue weighted by molar-refractivity contribution is -0.393. The monoisotopic (exact) mass is 267 g/mol. The van der Waals surface area contributed by atoms with Gasteiger partial charge in [-0.1, -0.05) is 13.8 Å². The molecule has 8 nitrogen and oxygen atoms in total. The summed E-state index contributed by atoms with van der Waals surface area (Å²) in [4.78, 5) is 31.4. The molecule has 0 aliphatic heterocycles. The van der Waals surface area contributed by atoms with E-state index in [0.29, 0.717) is 0 Å². The summed E-state index contributed by atoms with van der Waals surface area (Å²) >= 11 is 0. The second kappa shape index (κ2) is 5.89. The highest BCUT2D eigenvalue weighted by Gasteiger charge is 2.20. The molecule has 0 bridgehead atoms. The second-order valence-corrected chi connectivity index (χ2v) is 4.36. The number of nitro groups is 2. The van der Waals surface area contributed by atoms with Crippen LogP contribution < -0.4 is 5.32 Å². The molecule has 0 aliphatic carbocycles. The Kier molecular flexibility index (Phi) is 4.51. The van der Waals surface area contributed by atoms with Gasteiger partial charge in [0.1, 0.15) is 5.69 Å². The number of hydrogen-bond acceptors (Lipinski definition) is 5. The third-order valence-electron chi connectivity index (χ3n) is 2.26. The van der Waals surface area contributed by atoms with Gasteiger partial charge in [0.15, 0.2) is 0 Å². The molecule has 1 aromatic rings. The summed E-state index contributed by atoms with van der Waals surface area (Å²) in [5.41, 5.74) is -0.930. The van der Waals surface area contributed by atoms with Gasteiger partial charge in [-0.3, -0.25) is 25.0 Å². The van der Waals surface area contributed by atoms with Gasteiger partial charge in [-0.25, -0.2) is 0 Å². The molecule has 1 amide bonds. The van der Waals surface area contributed by atoms with E-state index < -0.39 is 21.2 Å². The van der Waals surface area contributed by atoms with E-state index in [9.17, 15) is 25.0 Å². The van der Waals surface area contributed by atoms with Crippen LogP contribution in [0.1, 0.15) is 20.3 Å². The van der Waals surface area contributed by atoms with Crippen molar-refractivity contribution < 1.29 is 14.6 Å². The first-order chi connectivity index (χ1) is 8.81. The number of non-ortho nitro benzene ring substituents is 1. The maximum atomic E-state index is 11.5. The van der Waals surface area contributed by atoms with Crippen molar-refractivity contribution in [2.45, 2.75) is 20.3 Å². The molecule has 102 valence electrons. The molecular formula is C11H13N3O5. The van der Waals surface area contributed by atoms with Gasteiger partial charge in [-0.15, -0.1) is 0 Å². The van der Waals surface area contributed by atoms with Crippen molar-refractivity contribution in [3.8, 4) is 0 Å². The van der Waals surface area contributed by atoms with Crippen LogP contribution in [-0.4, -0.2) is 15.8 Å². The predicted octanol–water partition coefficient (Wildman–Crippen LogP) is 2.49. The van der Waals surface area contributed by atoms with Crippen LogP contribution in [-0.2, 0) is 4.79 Å². The molecule has 1 aromatic carbocycles. The fourth-order valence-electron chi connectivity index (χ4n) is 1.46. The average molecular weight is 267 g/mol. The van der Waals surface area contributed by atoms with Gasteiger partial charge in [-0.2, -0.15) is 0 Å². The summed E-state index contributed by atoms with van der Waals surface area (Å²) in [6.45, 7) is 3.67. The van der Waals surface area contributed by atoms with Gasteiger partial charge in [0, 0.05) is 12.5 Å². The zero-order valence-electron chi connectivity index (χ0n) is 10.5. The molecule has 19 heavy (non-hydrogen) atoms. The molecule has 8 heteroatoms. The largest absolute Gasteiger partial charge is 0.320 e. The minimum absolute atomic E-state index is 0.0405. The number of benzene rings is 1. The molecule has 1 rings (SSSR count). The molecule has 0 spiro atoms. The second-order valence-electron chi connectivity index (χ2n) is 4.36. The molecule has 0 saturated heterocycles. The summed E-state index contributed by atoms with van der Waals surface area (Å²) in [5, 5.41) is 23.8. The van der Waals surface area contributed by atoms with Crippen molar-refractivity contribution in [2.75, 3.05) is 5.32 Å². The van der Waals surface area contributed by atoms with Crippen molar-refractivity contribution >= 4 is 23.0 Å². The highest BCUT2D eigenvalue weighted by atomic mass is 16.6. The smallest absolute Gasteiger partial charge is 0.299 e. The van der Waals surface area contributed by atoms with Gasteiger partial charge >= 0.3 is 0 Å². The van der Waals surface area contributed by atoms with Crippen LogP contribution >= 0.6 is 0 Å². The van der Waals surface area contributed by atoms with E-state index in [0.717, 1.165) is 18.2 Å². The lowest BCUT2D eigenvalue weighted by atomic mass is 10.1. The Morgan fingerprint density at radius 2 is 1.89 bits per heavy atom. The van der Waals surface area contributed by atoms with E-state index in [1.165, 1.54) is 0 Å². The van der Waals surface area contributed by atoms with E-state index in [1.54, 1.807) is 0 Å². The number of nitro benzene ring substituents is 2. The number of hydrogen-bond donors (Lipinski definition) is 1. The fourth-order valence-corrected chi connectivity index (χ4v) is 1.46. The third-order valence-corrected chi connectivity index (χ3v) is 2.26. The summed E-state index contributed by atoms with van der Waals surface area (Å²) < 4.78 is 0. The standard InChI is InChI=1S/C11H13N3O5/c1-7(2)5-11(15)12-9-4-3-8(13(16)17)6-10(9)14(18)19/h3-4,6-7H,5H2,1-2H3,(H,12,15). The van der Waals surface area contributed by atoms with Crippen molar-refractivity contribution in [1.82, 2.24) is 0 Å². The number of nitrogens with one attached hydrogen (secondary N) is 1. The minimum atomic E-state index is -0.766. The third kappa shape index (κ3) is 4.02. The zero-order valence-corrected chi connectivity index (χ0v) is 10.5. The summed E-state index contributed by atoms with van der Waals surface area (Å²) in [5.74, 6) is -0.260. The van der Waals surface area contributed by atoms with Gasteiger partial charge in [0.2, 0.25) is 5.91 Å². The van der Waals surface area contributed by atoms with Gasteiger partial charge in [-0.05, 0) is 12.0 Å². The lowest BCUT2D eigenvalue weighted by Crippen LogP contribution is -2.14. The SMILES string of the molecule is CC(C)CC(=O)Nc1ccc([N+](=O)[O-])cc1[N+](=O)[O-]. The topological polar surface area (TPSA) is 115 Å². The number of anilines is 1. The lowest BCUT2D eigenvalue weighted by Gasteiger charge is -2.07. The summed E-state index contributed by atoms with van der Waals surface area (Å²) in [6.07, 6.45) is 0.216. The van der Waals surface area contributed by atoms with Gasteiger partial charge in [0.05, 0.1) is 15.9 Å². The van der Waals surface area contributed by atoms with Crippen LogP contribution in [0.2, 0.25) is 0 Å². The molecule has 0 unspecified atom stereocenters. The van der Waals surface area contributed by atoms with Crippen molar-refractivity contribution in [3.05, 3.63) is 38.4 Å².